The van der Waals surface area contributed by atoms with Gasteiger partial charge in [0.05, 0.1) is 12.7 Å². The number of hydrogen-bond acceptors (Lipinski definition) is 6. The molecule has 1 amide bonds. The van der Waals surface area contributed by atoms with Crippen molar-refractivity contribution in [3.8, 4) is 17.2 Å². The predicted molar refractivity (Wildman–Crippen MR) is 111 cm³/mol. The number of methoxy groups -OCH3 is 1. The van der Waals surface area contributed by atoms with Crippen molar-refractivity contribution in [1.82, 2.24) is 5.32 Å². The number of hydrogen-bond donors (Lipinski definition) is 1. The van der Waals surface area contributed by atoms with Crippen LogP contribution < -0.4 is 19.5 Å². The molecule has 0 spiro atoms. The van der Waals surface area contributed by atoms with Crippen molar-refractivity contribution in [3.63, 3.8) is 0 Å². The SMILES string of the molecule is CC[C@H](CNC(=O)[C@H](C)OC(=O)c1cc(OC)c2c(c1)OCCO2)c1ccccc1. The molecule has 7 nitrogen and oxygen atoms in total. The molecule has 1 aliphatic heterocycles. The molecule has 0 fully saturated rings. The van der Waals surface area contributed by atoms with Crippen LogP contribution >= 0.6 is 0 Å². The summed E-state index contributed by atoms with van der Waals surface area (Å²) in [6, 6.07) is 13.1. The van der Waals surface area contributed by atoms with Gasteiger partial charge in [-0.3, -0.25) is 4.79 Å². The maximum Gasteiger partial charge on any atom is 0.339 e. The summed E-state index contributed by atoms with van der Waals surface area (Å²) in [5, 5.41) is 2.88. The summed E-state index contributed by atoms with van der Waals surface area (Å²) in [7, 11) is 1.48. The first kappa shape index (κ1) is 21.5. The predicted octanol–water partition coefficient (Wildman–Crippen LogP) is 3.32. The van der Waals surface area contributed by atoms with Gasteiger partial charge in [-0.15, -0.1) is 0 Å². The van der Waals surface area contributed by atoms with Crippen LogP contribution in [0.2, 0.25) is 0 Å². The third-order valence-electron chi connectivity index (χ3n) is 5.00. The van der Waals surface area contributed by atoms with Gasteiger partial charge in [-0.25, -0.2) is 4.79 Å². The maximum atomic E-state index is 12.6. The summed E-state index contributed by atoms with van der Waals surface area (Å²) < 4.78 is 21.7. The number of rotatable bonds is 8. The van der Waals surface area contributed by atoms with Crippen LogP contribution in [0.25, 0.3) is 0 Å². The Morgan fingerprint density at radius 1 is 1.13 bits per heavy atom. The van der Waals surface area contributed by atoms with Crippen LogP contribution in [0.5, 0.6) is 17.2 Å². The minimum absolute atomic E-state index is 0.195. The molecular formula is C23H27NO6. The Kier molecular flexibility index (Phi) is 7.17. The minimum atomic E-state index is -0.940. The lowest BCUT2D eigenvalue weighted by Gasteiger charge is -2.21. The van der Waals surface area contributed by atoms with E-state index in [2.05, 4.69) is 12.2 Å². The summed E-state index contributed by atoms with van der Waals surface area (Å²) in [4.78, 5) is 25.0. The summed E-state index contributed by atoms with van der Waals surface area (Å²) in [5.41, 5.74) is 1.39. The Morgan fingerprint density at radius 2 is 1.87 bits per heavy atom. The fourth-order valence-corrected chi connectivity index (χ4v) is 3.26. The molecule has 0 radical (unpaired) electrons. The van der Waals surface area contributed by atoms with E-state index in [9.17, 15) is 9.59 Å². The second kappa shape index (κ2) is 10.0. The van der Waals surface area contributed by atoms with E-state index in [0.29, 0.717) is 37.0 Å². The van der Waals surface area contributed by atoms with Crippen LogP contribution in [0, 0.1) is 0 Å². The molecule has 2 aromatic rings. The van der Waals surface area contributed by atoms with Crippen LogP contribution in [-0.4, -0.2) is 44.8 Å². The molecule has 1 aliphatic rings. The van der Waals surface area contributed by atoms with Gasteiger partial charge in [0.1, 0.15) is 13.2 Å². The zero-order valence-electron chi connectivity index (χ0n) is 17.5. The standard InChI is InChI=1S/C23H27NO6/c1-4-16(17-8-6-5-7-9-17)14-24-22(25)15(2)30-23(26)18-12-19(27-3)21-20(13-18)28-10-11-29-21/h5-9,12-13,15-16H,4,10-11,14H2,1-3H3,(H,24,25)/t15-,16+/m0/s1. The van der Waals surface area contributed by atoms with Gasteiger partial charge in [0.15, 0.2) is 17.6 Å². The Bertz CT molecular complexity index is 866. The fourth-order valence-electron chi connectivity index (χ4n) is 3.26. The molecule has 30 heavy (non-hydrogen) atoms. The average molecular weight is 413 g/mol. The van der Waals surface area contributed by atoms with E-state index in [0.717, 1.165) is 12.0 Å². The number of esters is 1. The first-order chi connectivity index (χ1) is 14.5. The number of benzene rings is 2. The van der Waals surface area contributed by atoms with Gasteiger partial charge in [-0.2, -0.15) is 0 Å². The van der Waals surface area contributed by atoms with Gasteiger partial charge in [0.25, 0.3) is 5.91 Å². The quantitative estimate of drug-likeness (QED) is 0.669. The van der Waals surface area contributed by atoms with Gasteiger partial charge in [-0.1, -0.05) is 37.3 Å². The van der Waals surface area contributed by atoms with Crippen molar-refractivity contribution < 1.29 is 28.5 Å². The molecule has 3 rings (SSSR count). The Morgan fingerprint density at radius 3 is 2.57 bits per heavy atom. The summed E-state index contributed by atoms with van der Waals surface area (Å²) in [5.74, 6) is 0.464. The lowest BCUT2D eigenvalue weighted by molar-refractivity contribution is -0.129. The van der Waals surface area contributed by atoms with E-state index in [1.165, 1.54) is 19.2 Å². The van der Waals surface area contributed by atoms with E-state index in [1.54, 1.807) is 6.92 Å². The van der Waals surface area contributed by atoms with E-state index in [-0.39, 0.29) is 17.4 Å². The molecule has 0 aliphatic carbocycles. The normalized spacial score (nSPS) is 14.4. The van der Waals surface area contributed by atoms with Crippen LogP contribution in [0.1, 0.15) is 42.1 Å². The molecule has 1 N–H and O–H groups in total. The van der Waals surface area contributed by atoms with Crippen molar-refractivity contribution >= 4 is 11.9 Å². The highest BCUT2D eigenvalue weighted by Gasteiger charge is 2.24. The second-order valence-electron chi connectivity index (χ2n) is 7.01. The molecule has 7 heteroatoms. The number of carbonyl (C=O) groups is 2. The first-order valence-electron chi connectivity index (χ1n) is 10.0. The molecular weight excluding hydrogens is 386 g/mol. The third-order valence-corrected chi connectivity index (χ3v) is 5.00. The zero-order valence-corrected chi connectivity index (χ0v) is 17.5. The summed E-state index contributed by atoms with van der Waals surface area (Å²) >= 11 is 0. The highest BCUT2D eigenvalue weighted by molar-refractivity contribution is 5.93. The van der Waals surface area contributed by atoms with Crippen molar-refractivity contribution in [2.45, 2.75) is 32.3 Å². The van der Waals surface area contributed by atoms with E-state index in [1.807, 2.05) is 30.3 Å². The number of carbonyl (C=O) groups excluding carboxylic acids is 2. The maximum absolute atomic E-state index is 12.6. The van der Waals surface area contributed by atoms with Gasteiger partial charge < -0.3 is 24.3 Å². The first-order valence-corrected chi connectivity index (χ1v) is 10.0. The Balaban J connectivity index is 1.60. The topological polar surface area (TPSA) is 83.1 Å². The lowest BCUT2D eigenvalue weighted by Crippen LogP contribution is -2.38. The Hall–Kier alpha value is -3.22. The number of ether oxygens (including phenoxy) is 4. The van der Waals surface area contributed by atoms with Crippen LogP contribution in [0.4, 0.5) is 0 Å². The second-order valence-corrected chi connectivity index (χ2v) is 7.01. The van der Waals surface area contributed by atoms with E-state index >= 15 is 0 Å². The van der Waals surface area contributed by atoms with Crippen molar-refractivity contribution in [2.75, 3.05) is 26.9 Å². The van der Waals surface area contributed by atoms with Crippen LogP contribution in [0.3, 0.4) is 0 Å². The van der Waals surface area contributed by atoms with Gasteiger partial charge in [-0.05, 0) is 31.0 Å². The molecule has 0 bridgehead atoms. The minimum Gasteiger partial charge on any atom is -0.493 e. The van der Waals surface area contributed by atoms with Crippen molar-refractivity contribution in [1.29, 1.82) is 0 Å². The number of fused-ring (bicyclic) bond motifs is 1. The molecule has 0 saturated heterocycles. The molecule has 0 saturated carbocycles. The van der Waals surface area contributed by atoms with Crippen LogP contribution in [0.15, 0.2) is 42.5 Å². The van der Waals surface area contributed by atoms with Crippen LogP contribution in [-0.2, 0) is 9.53 Å². The van der Waals surface area contributed by atoms with E-state index in [4.69, 9.17) is 18.9 Å². The number of amides is 1. The Labute approximate surface area is 176 Å². The number of nitrogens with one attached hydrogen (secondary N) is 1. The fraction of sp³-hybridized carbons (Fsp3) is 0.391. The summed E-state index contributed by atoms with van der Waals surface area (Å²) in [6.07, 6.45) is -0.0555. The van der Waals surface area contributed by atoms with Crippen molar-refractivity contribution in [3.05, 3.63) is 53.6 Å². The van der Waals surface area contributed by atoms with Crippen molar-refractivity contribution in [2.24, 2.45) is 0 Å². The molecule has 1 heterocycles. The molecule has 2 aromatic carbocycles. The highest BCUT2D eigenvalue weighted by atomic mass is 16.6. The molecule has 0 unspecified atom stereocenters. The van der Waals surface area contributed by atoms with E-state index < -0.39 is 12.1 Å². The zero-order chi connectivity index (χ0) is 21.5. The third kappa shape index (κ3) is 5.03. The van der Waals surface area contributed by atoms with Gasteiger partial charge in [0, 0.05) is 12.5 Å². The lowest BCUT2D eigenvalue weighted by atomic mass is 9.96. The molecule has 160 valence electrons. The monoisotopic (exact) mass is 413 g/mol. The molecule has 0 aromatic heterocycles. The smallest absolute Gasteiger partial charge is 0.339 e. The highest BCUT2D eigenvalue weighted by Crippen LogP contribution is 2.40. The summed E-state index contributed by atoms with van der Waals surface area (Å²) in [6.45, 7) is 4.88. The average Bonchev–Trinajstić information content (AvgIpc) is 2.79. The largest absolute Gasteiger partial charge is 0.493 e. The van der Waals surface area contributed by atoms with Gasteiger partial charge in [0.2, 0.25) is 5.75 Å². The molecule has 2 atom stereocenters. The van der Waals surface area contributed by atoms with Gasteiger partial charge >= 0.3 is 5.97 Å².